The normalized spacial score (nSPS) is 11.6. The zero-order valence-electron chi connectivity index (χ0n) is 19.6. The molecule has 0 bridgehead atoms. The van der Waals surface area contributed by atoms with Crippen LogP contribution in [0.1, 0.15) is 25.8 Å². The van der Waals surface area contributed by atoms with Crippen LogP contribution in [0.15, 0.2) is 41.6 Å². The number of thioether (sulfide) groups is 1. The van der Waals surface area contributed by atoms with Crippen LogP contribution in [-0.2, 0) is 11.3 Å². The summed E-state index contributed by atoms with van der Waals surface area (Å²) in [6.07, 6.45) is -0.338. The fourth-order valence-corrected chi connectivity index (χ4v) is 4.23. The summed E-state index contributed by atoms with van der Waals surface area (Å²) in [6, 6.07) is 10.5. The van der Waals surface area contributed by atoms with Crippen LogP contribution in [0.25, 0.3) is 0 Å². The summed E-state index contributed by atoms with van der Waals surface area (Å²) in [5.74, 6) is 2.88. The molecule has 1 aromatic heterocycles. The van der Waals surface area contributed by atoms with Gasteiger partial charge in [0.1, 0.15) is 23.0 Å². The highest BCUT2D eigenvalue weighted by Crippen LogP contribution is 2.36. The summed E-state index contributed by atoms with van der Waals surface area (Å²) in [5, 5.41) is 12.4. The molecule has 1 heterocycles. The van der Waals surface area contributed by atoms with Gasteiger partial charge in [0.15, 0.2) is 17.1 Å². The predicted octanol–water partition coefficient (Wildman–Crippen LogP) is 4.85. The molecule has 0 aliphatic rings. The molecular formula is C23H27ClN4O5S. The van der Waals surface area contributed by atoms with Crippen molar-refractivity contribution in [3.05, 3.63) is 47.2 Å². The van der Waals surface area contributed by atoms with Crippen LogP contribution in [0, 0.1) is 0 Å². The van der Waals surface area contributed by atoms with Gasteiger partial charge in [-0.15, -0.1) is 10.2 Å². The Labute approximate surface area is 207 Å². The van der Waals surface area contributed by atoms with Crippen molar-refractivity contribution in [3.63, 3.8) is 0 Å². The first-order valence-electron chi connectivity index (χ1n) is 10.5. The lowest BCUT2D eigenvalue weighted by molar-refractivity contribution is -0.113. The Morgan fingerprint density at radius 3 is 2.35 bits per heavy atom. The Balaban J connectivity index is 1.66. The number of nitrogens with one attached hydrogen (secondary N) is 1. The zero-order valence-corrected chi connectivity index (χ0v) is 21.2. The molecule has 9 nitrogen and oxygen atoms in total. The maximum Gasteiger partial charge on any atom is 0.234 e. The highest BCUT2D eigenvalue weighted by atomic mass is 35.5. The van der Waals surface area contributed by atoms with E-state index < -0.39 is 0 Å². The predicted molar refractivity (Wildman–Crippen MR) is 132 cm³/mol. The number of ether oxygens (including phenoxy) is 4. The second-order valence-electron chi connectivity index (χ2n) is 7.04. The molecule has 1 unspecified atom stereocenters. The van der Waals surface area contributed by atoms with Crippen molar-refractivity contribution in [1.82, 2.24) is 14.8 Å². The molecule has 11 heteroatoms. The van der Waals surface area contributed by atoms with Gasteiger partial charge in [-0.2, -0.15) is 0 Å². The first kappa shape index (κ1) is 25.5. The summed E-state index contributed by atoms with van der Waals surface area (Å²) in [6.45, 7) is 4.52. The van der Waals surface area contributed by atoms with Crippen LogP contribution in [0.2, 0.25) is 5.02 Å². The summed E-state index contributed by atoms with van der Waals surface area (Å²) in [7, 11) is 4.62. The second-order valence-corrected chi connectivity index (χ2v) is 8.39. The van der Waals surface area contributed by atoms with E-state index in [1.54, 1.807) is 19.2 Å². The van der Waals surface area contributed by atoms with Crippen LogP contribution in [-0.4, -0.2) is 47.8 Å². The first-order valence-corrected chi connectivity index (χ1v) is 11.8. The molecule has 0 aliphatic heterocycles. The van der Waals surface area contributed by atoms with Crippen molar-refractivity contribution >= 4 is 35.0 Å². The number of rotatable bonds is 11. The van der Waals surface area contributed by atoms with Crippen molar-refractivity contribution in [3.8, 4) is 23.0 Å². The number of amides is 1. The van der Waals surface area contributed by atoms with Gasteiger partial charge in [-0.25, -0.2) is 0 Å². The standard InChI is InChI=1S/C23H27ClN4O5S/c1-6-28-22(14(2)33-16-9-7-15(30-3)8-10-16)26-27-23(28)34-13-21(29)25-18-12-19(31-4)17(24)11-20(18)32-5/h7-12,14H,6,13H2,1-5H3,(H,25,29). The molecule has 0 saturated carbocycles. The average molecular weight is 507 g/mol. The average Bonchev–Trinajstić information content (AvgIpc) is 3.27. The van der Waals surface area contributed by atoms with Gasteiger partial charge in [-0.3, -0.25) is 4.79 Å². The maximum atomic E-state index is 12.6. The number of hydrogen-bond donors (Lipinski definition) is 1. The summed E-state index contributed by atoms with van der Waals surface area (Å²) in [4.78, 5) is 12.6. The molecule has 1 atom stereocenters. The van der Waals surface area contributed by atoms with Gasteiger partial charge < -0.3 is 28.8 Å². The third-order valence-corrected chi connectivity index (χ3v) is 6.14. The topological polar surface area (TPSA) is 96.7 Å². The van der Waals surface area contributed by atoms with Gasteiger partial charge in [-0.05, 0) is 38.1 Å². The van der Waals surface area contributed by atoms with Crippen LogP contribution in [0.3, 0.4) is 0 Å². The maximum absolute atomic E-state index is 12.6. The van der Waals surface area contributed by atoms with E-state index in [0.29, 0.717) is 45.5 Å². The van der Waals surface area contributed by atoms with E-state index in [9.17, 15) is 4.79 Å². The number of halogens is 1. The fourth-order valence-electron chi connectivity index (χ4n) is 3.19. The number of methoxy groups -OCH3 is 3. The number of carbonyl (C=O) groups excluding carboxylic acids is 1. The number of benzene rings is 2. The quantitative estimate of drug-likeness (QED) is 0.369. The summed E-state index contributed by atoms with van der Waals surface area (Å²) in [5.41, 5.74) is 0.466. The fraction of sp³-hybridized carbons (Fsp3) is 0.348. The zero-order chi connectivity index (χ0) is 24.7. The van der Waals surface area contributed by atoms with E-state index in [2.05, 4.69) is 15.5 Å². The third kappa shape index (κ3) is 6.06. The van der Waals surface area contributed by atoms with Crippen LogP contribution in [0.4, 0.5) is 5.69 Å². The number of carbonyl (C=O) groups is 1. The monoisotopic (exact) mass is 506 g/mol. The molecule has 3 aromatic rings. The number of nitrogens with zero attached hydrogens (tertiary/aromatic N) is 3. The van der Waals surface area contributed by atoms with Gasteiger partial charge in [0.2, 0.25) is 5.91 Å². The van der Waals surface area contributed by atoms with Crippen molar-refractivity contribution in [1.29, 1.82) is 0 Å². The molecule has 3 rings (SSSR count). The highest BCUT2D eigenvalue weighted by Gasteiger charge is 2.20. The molecule has 1 N–H and O–H groups in total. The summed E-state index contributed by atoms with van der Waals surface area (Å²) < 4.78 is 23.6. The molecule has 0 aliphatic carbocycles. The Hall–Kier alpha value is -3.11. The highest BCUT2D eigenvalue weighted by molar-refractivity contribution is 7.99. The van der Waals surface area contributed by atoms with Crippen molar-refractivity contribution < 1.29 is 23.7 Å². The lowest BCUT2D eigenvalue weighted by Gasteiger charge is -2.16. The third-order valence-electron chi connectivity index (χ3n) is 4.88. The van der Waals surface area contributed by atoms with Gasteiger partial charge in [0.25, 0.3) is 0 Å². The number of aromatic nitrogens is 3. The first-order chi connectivity index (χ1) is 16.4. The molecule has 0 spiro atoms. The molecule has 0 saturated heterocycles. The van der Waals surface area contributed by atoms with E-state index in [-0.39, 0.29) is 17.8 Å². The largest absolute Gasteiger partial charge is 0.497 e. The van der Waals surface area contributed by atoms with Gasteiger partial charge in [-0.1, -0.05) is 23.4 Å². The molecule has 182 valence electrons. The van der Waals surface area contributed by atoms with E-state index in [1.807, 2.05) is 42.7 Å². The minimum Gasteiger partial charge on any atom is -0.497 e. The Morgan fingerprint density at radius 2 is 1.74 bits per heavy atom. The molecular weight excluding hydrogens is 480 g/mol. The van der Waals surface area contributed by atoms with E-state index in [4.69, 9.17) is 30.5 Å². The molecule has 2 aromatic carbocycles. The van der Waals surface area contributed by atoms with Gasteiger partial charge >= 0.3 is 0 Å². The van der Waals surface area contributed by atoms with Crippen LogP contribution in [0.5, 0.6) is 23.0 Å². The Kier molecular flexibility index (Phi) is 8.89. The molecule has 0 fully saturated rings. The van der Waals surface area contributed by atoms with Crippen LogP contribution < -0.4 is 24.3 Å². The van der Waals surface area contributed by atoms with Crippen molar-refractivity contribution in [2.75, 3.05) is 32.4 Å². The minimum atomic E-state index is -0.338. The van der Waals surface area contributed by atoms with Crippen molar-refractivity contribution in [2.45, 2.75) is 31.7 Å². The van der Waals surface area contributed by atoms with Crippen molar-refractivity contribution in [2.24, 2.45) is 0 Å². The van der Waals surface area contributed by atoms with Gasteiger partial charge in [0.05, 0.1) is 37.8 Å². The van der Waals surface area contributed by atoms with E-state index >= 15 is 0 Å². The lowest BCUT2D eigenvalue weighted by atomic mass is 10.2. The van der Waals surface area contributed by atoms with Crippen LogP contribution >= 0.6 is 23.4 Å². The Bertz CT molecular complexity index is 1120. The number of anilines is 1. The number of hydrogen-bond acceptors (Lipinski definition) is 8. The molecule has 0 radical (unpaired) electrons. The lowest BCUT2D eigenvalue weighted by Crippen LogP contribution is -2.16. The smallest absolute Gasteiger partial charge is 0.234 e. The van der Waals surface area contributed by atoms with E-state index in [1.165, 1.54) is 26.0 Å². The second kappa shape index (κ2) is 11.8. The summed E-state index contributed by atoms with van der Waals surface area (Å²) >= 11 is 7.41. The molecule has 34 heavy (non-hydrogen) atoms. The Morgan fingerprint density at radius 1 is 1.06 bits per heavy atom. The van der Waals surface area contributed by atoms with E-state index in [0.717, 1.165) is 5.75 Å². The molecule has 1 amide bonds. The minimum absolute atomic E-state index is 0.125. The van der Waals surface area contributed by atoms with Gasteiger partial charge in [0, 0.05) is 18.7 Å². The SMILES string of the molecule is CCn1c(SCC(=O)Nc2cc(OC)c(Cl)cc2OC)nnc1C(C)Oc1ccc(OC)cc1.